The molecule has 0 heterocycles. The van der Waals surface area contributed by atoms with Crippen LogP contribution < -0.4 is 20.1 Å². The molecule has 0 aliphatic carbocycles. The van der Waals surface area contributed by atoms with E-state index < -0.39 is 24.5 Å². The van der Waals surface area contributed by atoms with E-state index in [1.54, 1.807) is 31.2 Å². The summed E-state index contributed by atoms with van der Waals surface area (Å²) in [5, 5.41) is 4.41. The quantitative estimate of drug-likeness (QED) is 0.393. The molecule has 3 amide bonds. The van der Waals surface area contributed by atoms with E-state index in [0.717, 1.165) is 0 Å². The molecule has 1 aromatic rings. The summed E-state index contributed by atoms with van der Waals surface area (Å²) in [6, 6.07) is 4.47. The van der Waals surface area contributed by atoms with Crippen molar-refractivity contribution in [1.29, 1.82) is 0 Å². The zero-order valence-corrected chi connectivity index (χ0v) is 14.7. The van der Waals surface area contributed by atoms with Crippen LogP contribution in [0.1, 0.15) is 12.5 Å². The van der Waals surface area contributed by atoms with E-state index in [0.29, 0.717) is 30.2 Å². The maximum atomic E-state index is 11.6. The van der Waals surface area contributed by atoms with Crippen molar-refractivity contribution in [2.45, 2.75) is 6.92 Å². The summed E-state index contributed by atoms with van der Waals surface area (Å²) < 4.78 is 15.4. The van der Waals surface area contributed by atoms with Crippen molar-refractivity contribution < 1.29 is 28.6 Å². The number of nitrogens with one attached hydrogen (secondary N) is 2. The van der Waals surface area contributed by atoms with Crippen LogP contribution in [0, 0.1) is 0 Å². The fourth-order valence-electron chi connectivity index (χ4n) is 1.77. The molecule has 2 N–H and O–H groups in total. The number of urea groups is 1. The Balaban J connectivity index is 2.55. The highest BCUT2D eigenvalue weighted by Crippen LogP contribution is 2.28. The maximum absolute atomic E-state index is 11.6. The van der Waals surface area contributed by atoms with Crippen LogP contribution in [-0.4, -0.2) is 44.8 Å². The van der Waals surface area contributed by atoms with Gasteiger partial charge in [0.2, 0.25) is 0 Å². The summed E-state index contributed by atoms with van der Waals surface area (Å²) in [5.74, 6) is -0.386. The number of carbonyl (C=O) groups excluding carboxylic acids is 3. The number of imide groups is 1. The minimum atomic E-state index is -0.720. The smallest absolute Gasteiger partial charge is 0.331 e. The van der Waals surface area contributed by atoms with Gasteiger partial charge in [-0.05, 0) is 30.7 Å². The Morgan fingerprint density at radius 3 is 2.65 bits per heavy atom. The lowest BCUT2D eigenvalue weighted by atomic mass is 10.2. The first-order valence-corrected chi connectivity index (χ1v) is 7.84. The molecule has 140 valence electrons. The summed E-state index contributed by atoms with van der Waals surface area (Å²) >= 11 is 0. The van der Waals surface area contributed by atoms with Crippen LogP contribution in [0.15, 0.2) is 36.9 Å². The van der Waals surface area contributed by atoms with Crippen molar-refractivity contribution >= 4 is 24.0 Å². The molecule has 0 unspecified atom stereocenters. The van der Waals surface area contributed by atoms with Crippen molar-refractivity contribution in [2.24, 2.45) is 0 Å². The Morgan fingerprint density at radius 1 is 1.23 bits per heavy atom. The second kappa shape index (κ2) is 11.3. The first-order chi connectivity index (χ1) is 12.5. The largest absolute Gasteiger partial charge is 0.493 e. The monoisotopic (exact) mass is 362 g/mol. The number of hydrogen-bond donors (Lipinski definition) is 2. The Labute approximate surface area is 151 Å². The van der Waals surface area contributed by atoms with Crippen molar-refractivity contribution in [3.8, 4) is 11.5 Å². The summed E-state index contributed by atoms with van der Waals surface area (Å²) in [4.78, 5) is 34.2. The molecular formula is C18H22N2O6. The molecule has 1 rings (SSSR count). The van der Waals surface area contributed by atoms with Crippen molar-refractivity contribution in [3.63, 3.8) is 0 Å². The molecule has 0 spiro atoms. The van der Waals surface area contributed by atoms with Gasteiger partial charge in [0.1, 0.15) is 6.61 Å². The van der Waals surface area contributed by atoms with E-state index >= 15 is 0 Å². The third-order valence-electron chi connectivity index (χ3n) is 2.89. The van der Waals surface area contributed by atoms with Crippen LogP contribution in [0.2, 0.25) is 0 Å². The third kappa shape index (κ3) is 7.52. The van der Waals surface area contributed by atoms with Crippen LogP contribution in [-0.2, 0) is 14.3 Å². The molecule has 0 bridgehead atoms. The third-order valence-corrected chi connectivity index (χ3v) is 2.89. The van der Waals surface area contributed by atoms with E-state index in [1.807, 2.05) is 5.32 Å². The Kier molecular flexibility index (Phi) is 9.02. The molecule has 0 saturated heterocycles. The molecule has 1 aromatic carbocycles. The summed E-state index contributed by atoms with van der Waals surface area (Å²) in [7, 11) is 1.51. The Hall–Kier alpha value is -3.29. The second-order valence-corrected chi connectivity index (χ2v) is 4.86. The zero-order chi connectivity index (χ0) is 19.4. The normalized spacial score (nSPS) is 10.1. The van der Waals surface area contributed by atoms with Crippen molar-refractivity contribution in [2.75, 3.05) is 26.9 Å². The summed E-state index contributed by atoms with van der Waals surface area (Å²) in [5.41, 5.74) is 0.677. The average molecular weight is 362 g/mol. The molecular weight excluding hydrogens is 340 g/mol. The second-order valence-electron chi connectivity index (χ2n) is 4.86. The lowest BCUT2D eigenvalue weighted by molar-refractivity contribution is -0.143. The van der Waals surface area contributed by atoms with Gasteiger partial charge in [0, 0.05) is 12.6 Å². The topological polar surface area (TPSA) is 103 Å². The van der Waals surface area contributed by atoms with E-state index in [-0.39, 0.29) is 0 Å². The molecule has 0 radical (unpaired) electrons. The highest BCUT2D eigenvalue weighted by molar-refractivity contribution is 5.96. The zero-order valence-electron chi connectivity index (χ0n) is 14.7. The van der Waals surface area contributed by atoms with Crippen LogP contribution in [0.4, 0.5) is 4.79 Å². The number of benzene rings is 1. The van der Waals surface area contributed by atoms with E-state index in [1.165, 1.54) is 19.3 Å². The fraction of sp³-hybridized carbons (Fsp3) is 0.278. The number of ether oxygens (including phenoxy) is 3. The van der Waals surface area contributed by atoms with Gasteiger partial charge >= 0.3 is 12.0 Å². The lowest BCUT2D eigenvalue weighted by Gasteiger charge is -2.09. The standard InChI is InChI=1S/C18H22N2O6/c1-4-10-25-14-8-6-13(11-15(14)24-3)7-9-17(22)26-12-16(21)20-18(23)19-5-2/h4,6-9,11H,1,5,10,12H2,2-3H3,(H2,19,20,21,23)/b9-7+. The van der Waals surface area contributed by atoms with E-state index in [2.05, 4.69) is 11.9 Å². The SMILES string of the molecule is C=CCOc1ccc(/C=C/C(=O)OCC(=O)NC(=O)NCC)cc1OC. The van der Waals surface area contributed by atoms with Crippen LogP contribution in [0.5, 0.6) is 11.5 Å². The van der Waals surface area contributed by atoms with E-state index in [9.17, 15) is 14.4 Å². The van der Waals surface area contributed by atoms with Gasteiger partial charge in [-0.2, -0.15) is 0 Å². The molecule has 8 heteroatoms. The molecule has 0 atom stereocenters. The predicted molar refractivity (Wildman–Crippen MR) is 95.9 cm³/mol. The minimum Gasteiger partial charge on any atom is -0.493 e. The first-order valence-electron chi connectivity index (χ1n) is 7.84. The van der Waals surface area contributed by atoms with Gasteiger partial charge in [-0.15, -0.1) is 0 Å². The fourth-order valence-corrected chi connectivity index (χ4v) is 1.77. The molecule has 0 aliphatic rings. The molecule has 0 aliphatic heterocycles. The van der Waals surface area contributed by atoms with Crippen LogP contribution in [0.25, 0.3) is 6.08 Å². The van der Waals surface area contributed by atoms with Crippen LogP contribution in [0.3, 0.4) is 0 Å². The van der Waals surface area contributed by atoms with Gasteiger partial charge in [-0.1, -0.05) is 18.7 Å². The number of esters is 1. The van der Waals surface area contributed by atoms with Gasteiger partial charge in [0.25, 0.3) is 5.91 Å². The van der Waals surface area contributed by atoms with Gasteiger partial charge in [-0.25, -0.2) is 9.59 Å². The molecule has 26 heavy (non-hydrogen) atoms. The number of hydrogen-bond acceptors (Lipinski definition) is 6. The number of amides is 3. The Morgan fingerprint density at radius 2 is 2.00 bits per heavy atom. The highest BCUT2D eigenvalue weighted by atomic mass is 16.5. The summed E-state index contributed by atoms with van der Waals surface area (Å²) in [6.07, 6.45) is 4.29. The number of methoxy groups -OCH3 is 1. The van der Waals surface area contributed by atoms with Crippen molar-refractivity contribution in [3.05, 3.63) is 42.5 Å². The average Bonchev–Trinajstić information content (AvgIpc) is 2.63. The van der Waals surface area contributed by atoms with E-state index in [4.69, 9.17) is 14.2 Å². The molecule has 0 fully saturated rings. The highest BCUT2D eigenvalue weighted by Gasteiger charge is 2.09. The number of rotatable bonds is 9. The predicted octanol–water partition coefficient (Wildman–Crippen LogP) is 1.66. The minimum absolute atomic E-state index is 0.343. The van der Waals surface area contributed by atoms with Crippen molar-refractivity contribution in [1.82, 2.24) is 10.6 Å². The van der Waals surface area contributed by atoms with Crippen LogP contribution >= 0.6 is 0 Å². The van der Waals surface area contributed by atoms with Gasteiger partial charge in [-0.3, -0.25) is 10.1 Å². The first kappa shape index (κ1) is 20.8. The molecule has 0 aromatic heterocycles. The number of carbonyl (C=O) groups is 3. The summed E-state index contributed by atoms with van der Waals surface area (Å²) in [6.45, 7) is 5.45. The maximum Gasteiger partial charge on any atom is 0.331 e. The Bertz CT molecular complexity index is 684. The molecule has 0 saturated carbocycles. The molecule has 8 nitrogen and oxygen atoms in total. The lowest BCUT2D eigenvalue weighted by Crippen LogP contribution is -2.41. The van der Waals surface area contributed by atoms with Gasteiger partial charge in [0.05, 0.1) is 7.11 Å². The van der Waals surface area contributed by atoms with Gasteiger partial charge in [0.15, 0.2) is 18.1 Å². The van der Waals surface area contributed by atoms with Gasteiger partial charge < -0.3 is 19.5 Å².